The lowest BCUT2D eigenvalue weighted by Gasteiger charge is -2.09. The summed E-state index contributed by atoms with van der Waals surface area (Å²) in [5.74, 6) is -0.341. The molecule has 0 aromatic heterocycles. The summed E-state index contributed by atoms with van der Waals surface area (Å²) in [4.78, 5) is 23.8. The van der Waals surface area contributed by atoms with Crippen LogP contribution in [0.5, 0.6) is 0 Å². The Morgan fingerprint density at radius 2 is 1.60 bits per heavy atom. The second kappa shape index (κ2) is 9.30. The van der Waals surface area contributed by atoms with Gasteiger partial charge in [-0.3, -0.25) is 9.59 Å². The van der Waals surface area contributed by atoms with Crippen LogP contribution in [0.25, 0.3) is 0 Å². The molecule has 5 nitrogen and oxygen atoms in total. The van der Waals surface area contributed by atoms with E-state index in [-0.39, 0.29) is 18.4 Å². The van der Waals surface area contributed by atoms with Gasteiger partial charge in [0.2, 0.25) is 5.91 Å². The number of anilines is 2. The smallest absolute Gasteiger partial charge is 0.251 e. The van der Waals surface area contributed by atoms with Gasteiger partial charge < -0.3 is 16.0 Å². The van der Waals surface area contributed by atoms with E-state index in [2.05, 4.69) is 16.0 Å². The van der Waals surface area contributed by atoms with Crippen LogP contribution < -0.4 is 16.0 Å². The quantitative estimate of drug-likeness (QED) is 0.675. The first-order valence-electron chi connectivity index (χ1n) is 7.86. The van der Waals surface area contributed by atoms with Crippen LogP contribution in [0.3, 0.4) is 0 Å². The Labute approximate surface area is 156 Å². The number of hydrogen-bond donors (Lipinski definition) is 3. The van der Waals surface area contributed by atoms with Gasteiger partial charge in [0, 0.05) is 33.5 Å². The SMILES string of the molecule is CCCNC(=O)c1ccc(NCC(=O)Nc2cc(Cl)cc(Cl)c2)cc1. The molecule has 7 heteroatoms. The molecule has 25 heavy (non-hydrogen) atoms. The Kier molecular flexibility index (Phi) is 7.10. The van der Waals surface area contributed by atoms with Crippen LogP contribution in [0, 0.1) is 0 Å². The van der Waals surface area contributed by atoms with E-state index in [1.54, 1.807) is 42.5 Å². The van der Waals surface area contributed by atoms with Crippen LogP contribution in [0.1, 0.15) is 23.7 Å². The molecule has 3 N–H and O–H groups in total. The van der Waals surface area contributed by atoms with Gasteiger partial charge in [0.25, 0.3) is 5.91 Å². The van der Waals surface area contributed by atoms with E-state index in [1.807, 2.05) is 6.92 Å². The number of carbonyl (C=O) groups excluding carboxylic acids is 2. The van der Waals surface area contributed by atoms with Gasteiger partial charge in [0.15, 0.2) is 0 Å². The lowest BCUT2D eigenvalue weighted by molar-refractivity contribution is -0.114. The number of nitrogens with one attached hydrogen (secondary N) is 3. The normalized spacial score (nSPS) is 10.2. The molecule has 0 unspecified atom stereocenters. The number of halogens is 2. The first-order chi connectivity index (χ1) is 12.0. The molecular formula is C18H19Cl2N3O2. The molecule has 0 atom stereocenters. The Morgan fingerprint density at radius 3 is 2.20 bits per heavy atom. The standard InChI is InChI=1S/C18H19Cl2N3O2/c1-2-7-21-18(25)12-3-5-15(6-4-12)22-11-17(24)23-16-9-13(19)8-14(20)10-16/h3-6,8-10,22H,2,7,11H2,1H3,(H,21,25)(H,23,24). The number of benzene rings is 2. The predicted molar refractivity (Wildman–Crippen MR) is 103 cm³/mol. The summed E-state index contributed by atoms with van der Waals surface area (Å²) in [7, 11) is 0. The number of hydrogen-bond acceptors (Lipinski definition) is 3. The van der Waals surface area contributed by atoms with Crippen LogP contribution in [0.15, 0.2) is 42.5 Å². The molecule has 2 aromatic carbocycles. The topological polar surface area (TPSA) is 70.2 Å². The zero-order valence-electron chi connectivity index (χ0n) is 13.7. The number of amides is 2. The maximum absolute atomic E-state index is 12.0. The molecule has 0 saturated heterocycles. The third-order valence-corrected chi connectivity index (χ3v) is 3.72. The van der Waals surface area contributed by atoms with Gasteiger partial charge >= 0.3 is 0 Å². The molecule has 2 rings (SSSR count). The lowest BCUT2D eigenvalue weighted by Crippen LogP contribution is -2.24. The van der Waals surface area contributed by atoms with Gasteiger partial charge in [-0.1, -0.05) is 30.1 Å². The fourth-order valence-electron chi connectivity index (χ4n) is 2.09. The van der Waals surface area contributed by atoms with Crippen molar-refractivity contribution in [2.45, 2.75) is 13.3 Å². The summed E-state index contributed by atoms with van der Waals surface area (Å²) in [6.45, 7) is 2.72. The van der Waals surface area contributed by atoms with Crippen molar-refractivity contribution in [1.29, 1.82) is 0 Å². The maximum atomic E-state index is 12.0. The second-order valence-corrected chi connectivity index (χ2v) is 6.27. The molecule has 0 heterocycles. The molecule has 2 amide bonds. The van der Waals surface area contributed by atoms with Crippen molar-refractivity contribution in [3.05, 3.63) is 58.1 Å². The molecule has 0 spiro atoms. The van der Waals surface area contributed by atoms with E-state index in [1.165, 1.54) is 0 Å². The van der Waals surface area contributed by atoms with Gasteiger partial charge in [-0.2, -0.15) is 0 Å². The van der Waals surface area contributed by atoms with Crippen LogP contribution >= 0.6 is 23.2 Å². The molecule has 0 bridgehead atoms. The predicted octanol–water partition coefficient (Wildman–Crippen LogP) is 4.18. The van der Waals surface area contributed by atoms with Crippen LogP contribution in [-0.2, 0) is 4.79 Å². The van der Waals surface area contributed by atoms with Crippen molar-refractivity contribution in [3.63, 3.8) is 0 Å². The Morgan fingerprint density at radius 1 is 0.960 bits per heavy atom. The van der Waals surface area contributed by atoms with Gasteiger partial charge in [-0.15, -0.1) is 0 Å². The van der Waals surface area contributed by atoms with Crippen molar-refractivity contribution >= 4 is 46.4 Å². The van der Waals surface area contributed by atoms with Gasteiger partial charge in [0.05, 0.1) is 6.54 Å². The molecule has 0 aliphatic rings. The molecule has 132 valence electrons. The first kappa shape index (κ1) is 19.1. The average Bonchev–Trinajstić information content (AvgIpc) is 2.57. The highest BCUT2D eigenvalue weighted by atomic mass is 35.5. The van der Waals surface area contributed by atoms with Gasteiger partial charge in [-0.25, -0.2) is 0 Å². The Bertz CT molecular complexity index is 728. The highest BCUT2D eigenvalue weighted by Gasteiger charge is 2.06. The molecule has 0 aliphatic heterocycles. The Balaban J connectivity index is 1.86. The minimum atomic E-state index is -0.233. The minimum Gasteiger partial charge on any atom is -0.376 e. The van der Waals surface area contributed by atoms with Crippen LogP contribution in [0.4, 0.5) is 11.4 Å². The van der Waals surface area contributed by atoms with Crippen molar-refractivity contribution in [1.82, 2.24) is 5.32 Å². The largest absolute Gasteiger partial charge is 0.376 e. The zero-order chi connectivity index (χ0) is 18.2. The second-order valence-electron chi connectivity index (χ2n) is 5.39. The van der Waals surface area contributed by atoms with E-state index >= 15 is 0 Å². The van der Waals surface area contributed by atoms with Gasteiger partial charge in [-0.05, 0) is 48.9 Å². The highest BCUT2D eigenvalue weighted by Crippen LogP contribution is 2.22. The fraction of sp³-hybridized carbons (Fsp3) is 0.222. The molecule has 0 fully saturated rings. The van der Waals surface area contributed by atoms with E-state index in [9.17, 15) is 9.59 Å². The summed E-state index contributed by atoms with van der Waals surface area (Å²) >= 11 is 11.8. The summed E-state index contributed by atoms with van der Waals surface area (Å²) in [6, 6.07) is 11.8. The molecule has 2 aromatic rings. The molecule has 0 aliphatic carbocycles. The molecular weight excluding hydrogens is 361 g/mol. The average molecular weight is 380 g/mol. The fourth-order valence-corrected chi connectivity index (χ4v) is 2.62. The van der Waals surface area contributed by atoms with Crippen molar-refractivity contribution in [3.8, 4) is 0 Å². The number of rotatable bonds is 7. The summed E-state index contributed by atoms with van der Waals surface area (Å²) in [5, 5.41) is 9.42. The summed E-state index contributed by atoms with van der Waals surface area (Å²) in [5.41, 5.74) is 1.86. The highest BCUT2D eigenvalue weighted by molar-refractivity contribution is 6.35. The third-order valence-electron chi connectivity index (χ3n) is 3.28. The van der Waals surface area contributed by atoms with E-state index in [0.717, 1.165) is 12.1 Å². The number of carbonyl (C=O) groups is 2. The third kappa shape index (κ3) is 6.29. The van der Waals surface area contributed by atoms with Crippen molar-refractivity contribution < 1.29 is 9.59 Å². The summed E-state index contributed by atoms with van der Waals surface area (Å²) in [6.07, 6.45) is 0.887. The van der Waals surface area contributed by atoms with E-state index in [4.69, 9.17) is 23.2 Å². The minimum absolute atomic E-state index is 0.0749. The monoisotopic (exact) mass is 379 g/mol. The maximum Gasteiger partial charge on any atom is 0.251 e. The first-order valence-corrected chi connectivity index (χ1v) is 8.61. The van der Waals surface area contributed by atoms with E-state index < -0.39 is 0 Å². The lowest BCUT2D eigenvalue weighted by atomic mass is 10.2. The van der Waals surface area contributed by atoms with E-state index in [0.29, 0.717) is 27.8 Å². The van der Waals surface area contributed by atoms with Crippen LogP contribution in [0.2, 0.25) is 10.0 Å². The molecule has 0 radical (unpaired) electrons. The molecule has 0 saturated carbocycles. The zero-order valence-corrected chi connectivity index (χ0v) is 15.2. The Hall–Kier alpha value is -2.24. The summed E-state index contributed by atoms with van der Waals surface area (Å²) < 4.78 is 0. The van der Waals surface area contributed by atoms with Crippen molar-refractivity contribution in [2.24, 2.45) is 0 Å². The van der Waals surface area contributed by atoms with Crippen molar-refractivity contribution in [2.75, 3.05) is 23.7 Å². The van der Waals surface area contributed by atoms with Crippen LogP contribution in [-0.4, -0.2) is 24.9 Å². The van der Waals surface area contributed by atoms with Gasteiger partial charge in [0.1, 0.15) is 0 Å².